The summed E-state index contributed by atoms with van der Waals surface area (Å²) in [6.45, 7) is 4.60. The molecule has 0 amide bonds. The maximum Gasteiger partial charge on any atom is 0.359 e. The smallest absolute Gasteiger partial charge is 0.359 e. The molecule has 0 aliphatic heterocycles. The van der Waals surface area contributed by atoms with Crippen molar-refractivity contribution < 1.29 is 9.53 Å². The molecule has 0 fully saturated rings. The van der Waals surface area contributed by atoms with Gasteiger partial charge in [0.15, 0.2) is 5.69 Å². The average Bonchev–Trinajstić information content (AvgIpc) is 3.20. The van der Waals surface area contributed by atoms with Gasteiger partial charge in [0, 0.05) is 11.1 Å². The number of benzene rings is 2. The molecule has 0 unspecified atom stereocenters. The minimum absolute atomic E-state index is 0.159. The highest BCUT2D eigenvalue weighted by Gasteiger charge is 2.30. The molecule has 0 saturated heterocycles. The molecule has 2 heterocycles. The number of pyridine rings is 1. The molecule has 2 aromatic carbocycles. The number of esters is 1. The molecule has 1 aliphatic carbocycles. The summed E-state index contributed by atoms with van der Waals surface area (Å²) in [7, 11) is 0. The van der Waals surface area contributed by atoms with Crippen LogP contribution in [0.15, 0.2) is 65.5 Å². The fourth-order valence-corrected chi connectivity index (χ4v) is 4.43. The number of aromatic nitrogens is 3. The van der Waals surface area contributed by atoms with E-state index in [2.05, 4.69) is 34.3 Å². The summed E-state index contributed by atoms with van der Waals surface area (Å²) in [5, 5.41) is 4.66. The van der Waals surface area contributed by atoms with Crippen LogP contribution < -0.4 is 5.56 Å². The van der Waals surface area contributed by atoms with Gasteiger partial charge < -0.3 is 9.72 Å². The summed E-state index contributed by atoms with van der Waals surface area (Å²) in [5.74, 6) is -0.428. The summed E-state index contributed by atoms with van der Waals surface area (Å²) in [4.78, 5) is 28.9. The zero-order valence-electron chi connectivity index (χ0n) is 18.7. The van der Waals surface area contributed by atoms with Gasteiger partial charge in [0.2, 0.25) is 0 Å². The van der Waals surface area contributed by atoms with E-state index in [4.69, 9.17) is 4.74 Å². The summed E-state index contributed by atoms with van der Waals surface area (Å²) in [6, 6.07) is 19.8. The van der Waals surface area contributed by atoms with Crippen LogP contribution in [0, 0.1) is 6.92 Å². The molecule has 6 nitrogen and oxygen atoms in total. The lowest BCUT2D eigenvalue weighted by molar-refractivity contribution is 0.0517. The number of ether oxygens (including phenoxy) is 1. The summed E-state index contributed by atoms with van der Waals surface area (Å²) >= 11 is 0. The SMILES string of the molecule is CCOC(=O)c1nn(Cc2ccc(C)cc2)c2c1CCc1cc(-c3ccccc3)c(=O)[nH]c1-2. The molecule has 2 aromatic heterocycles. The normalized spacial score (nSPS) is 12.2. The average molecular weight is 440 g/mol. The van der Waals surface area contributed by atoms with Crippen LogP contribution in [0.4, 0.5) is 0 Å². The van der Waals surface area contributed by atoms with Crippen LogP contribution in [-0.2, 0) is 24.1 Å². The zero-order valence-corrected chi connectivity index (χ0v) is 18.7. The molecular weight excluding hydrogens is 414 g/mol. The minimum Gasteiger partial charge on any atom is -0.461 e. The predicted octanol–water partition coefficient (Wildman–Crippen LogP) is 4.54. The summed E-state index contributed by atoms with van der Waals surface area (Å²) in [5.41, 5.74) is 7.34. The summed E-state index contributed by atoms with van der Waals surface area (Å²) < 4.78 is 7.10. The van der Waals surface area contributed by atoms with Crippen LogP contribution in [0.25, 0.3) is 22.5 Å². The Kier molecular flexibility index (Phi) is 5.42. The molecule has 0 spiro atoms. The molecule has 6 heteroatoms. The van der Waals surface area contributed by atoms with E-state index in [1.54, 1.807) is 6.92 Å². The van der Waals surface area contributed by atoms with Gasteiger partial charge >= 0.3 is 5.97 Å². The molecule has 33 heavy (non-hydrogen) atoms. The van der Waals surface area contributed by atoms with Crippen molar-refractivity contribution in [3.8, 4) is 22.5 Å². The van der Waals surface area contributed by atoms with E-state index in [0.29, 0.717) is 30.6 Å². The Labute approximate surface area is 191 Å². The number of carbonyl (C=O) groups is 1. The monoisotopic (exact) mass is 439 g/mol. The van der Waals surface area contributed by atoms with E-state index in [1.807, 2.05) is 48.0 Å². The molecule has 0 atom stereocenters. The van der Waals surface area contributed by atoms with Crippen LogP contribution in [0.5, 0.6) is 0 Å². The van der Waals surface area contributed by atoms with Crippen molar-refractivity contribution >= 4 is 5.97 Å². The Bertz CT molecular complexity index is 1380. The standard InChI is InChI=1S/C27H25N3O3/c1-3-33-27(32)24-21-14-13-20-15-22(19-7-5-4-6-8-19)26(31)28-23(20)25(21)30(29-24)16-18-11-9-17(2)10-12-18/h4-12,15H,3,13-14,16H2,1-2H3,(H,28,31). The van der Waals surface area contributed by atoms with Crippen LogP contribution >= 0.6 is 0 Å². The number of nitrogens with one attached hydrogen (secondary N) is 1. The van der Waals surface area contributed by atoms with Crippen LogP contribution in [0.1, 0.15) is 39.7 Å². The van der Waals surface area contributed by atoms with E-state index < -0.39 is 5.97 Å². The van der Waals surface area contributed by atoms with Gasteiger partial charge in [0.1, 0.15) is 0 Å². The zero-order chi connectivity index (χ0) is 22.9. The number of hydrogen-bond acceptors (Lipinski definition) is 4. The van der Waals surface area contributed by atoms with E-state index >= 15 is 0 Å². The van der Waals surface area contributed by atoms with Crippen molar-refractivity contribution in [2.24, 2.45) is 0 Å². The number of nitrogens with zero attached hydrogens (tertiary/aromatic N) is 2. The maximum atomic E-state index is 13.1. The van der Waals surface area contributed by atoms with Crippen molar-refractivity contribution in [3.05, 3.63) is 99.0 Å². The highest BCUT2D eigenvalue weighted by atomic mass is 16.5. The number of carbonyl (C=O) groups excluding carboxylic acids is 1. The summed E-state index contributed by atoms with van der Waals surface area (Å²) in [6.07, 6.45) is 1.37. The molecule has 0 radical (unpaired) electrons. The highest BCUT2D eigenvalue weighted by Crippen LogP contribution is 2.35. The number of hydrogen-bond donors (Lipinski definition) is 1. The van der Waals surface area contributed by atoms with Gasteiger partial charge in [-0.15, -0.1) is 0 Å². The van der Waals surface area contributed by atoms with Crippen LogP contribution in [-0.4, -0.2) is 27.3 Å². The lowest BCUT2D eigenvalue weighted by Crippen LogP contribution is -2.18. The first-order valence-corrected chi connectivity index (χ1v) is 11.2. The second kappa shape index (κ2) is 8.54. The van der Waals surface area contributed by atoms with Gasteiger partial charge in [-0.2, -0.15) is 5.10 Å². The quantitative estimate of drug-likeness (QED) is 0.463. The van der Waals surface area contributed by atoms with E-state index in [-0.39, 0.29) is 12.2 Å². The molecule has 0 bridgehead atoms. The molecule has 166 valence electrons. The Balaban J connectivity index is 1.66. The first-order valence-electron chi connectivity index (χ1n) is 11.2. The van der Waals surface area contributed by atoms with Crippen molar-refractivity contribution in [3.63, 3.8) is 0 Å². The minimum atomic E-state index is -0.428. The molecule has 0 saturated carbocycles. The van der Waals surface area contributed by atoms with Gasteiger partial charge in [0.05, 0.1) is 24.5 Å². The fourth-order valence-electron chi connectivity index (χ4n) is 4.43. The third kappa shape index (κ3) is 3.89. The van der Waals surface area contributed by atoms with Crippen molar-refractivity contribution in [2.45, 2.75) is 33.2 Å². The van der Waals surface area contributed by atoms with Crippen molar-refractivity contribution in [1.29, 1.82) is 0 Å². The molecule has 1 N–H and O–H groups in total. The van der Waals surface area contributed by atoms with E-state index in [0.717, 1.165) is 33.6 Å². The number of rotatable bonds is 5. The number of H-pyrrole nitrogens is 1. The lowest BCUT2D eigenvalue weighted by Gasteiger charge is -2.19. The number of aromatic amines is 1. The van der Waals surface area contributed by atoms with Gasteiger partial charge in [0.25, 0.3) is 5.56 Å². The molecule has 5 rings (SSSR count). The molecule has 1 aliphatic rings. The van der Waals surface area contributed by atoms with Gasteiger partial charge in [-0.3, -0.25) is 9.48 Å². The Morgan fingerprint density at radius 2 is 1.85 bits per heavy atom. The molecule has 4 aromatic rings. The van der Waals surface area contributed by atoms with Gasteiger partial charge in [-0.05, 0) is 49.4 Å². The first-order chi connectivity index (χ1) is 16.0. The highest BCUT2D eigenvalue weighted by molar-refractivity contribution is 5.92. The molecular formula is C27H25N3O3. The third-order valence-electron chi connectivity index (χ3n) is 6.06. The van der Waals surface area contributed by atoms with E-state index in [1.165, 1.54) is 5.56 Å². The van der Waals surface area contributed by atoms with Crippen LogP contribution in [0.3, 0.4) is 0 Å². The second-order valence-electron chi connectivity index (χ2n) is 8.32. The fraction of sp³-hybridized carbons (Fsp3) is 0.222. The third-order valence-corrected chi connectivity index (χ3v) is 6.06. The van der Waals surface area contributed by atoms with Crippen LogP contribution in [0.2, 0.25) is 0 Å². The Morgan fingerprint density at radius 3 is 2.58 bits per heavy atom. The van der Waals surface area contributed by atoms with Gasteiger partial charge in [-0.25, -0.2) is 4.79 Å². The maximum absolute atomic E-state index is 13.1. The largest absolute Gasteiger partial charge is 0.461 e. The van der Waals surface area contributed by atoms with Crippen molar-refractivity contribution in [2.75, 3.05) is 6.61 Å². The second-order valence-corrected chi connectivity index (χ2v) is 8.32. The Morgan fingerprint density at radius 1 is 1.09 bits per heavy atom. The lowest BCUT2D eigenvalue weighted by atomic mass is 9.90. The Hall–Kier alpha value is -3.93. The van der Waals surface area contributed by atoms with Crippen molar-refractivity contribution in [1.82, 2.24) is 14.8 Å². The predicted molar refractivity (Wildman–Crippen MR) is 127 cm³/mol. The number of aryl methyl sites for hydroxylation is 2. The van der Waals surface area contributed by atoms with Gasteiger partial charge in [-0.1, -0.05) is 60.2 Å². The van der Waals surface area contributed by atoms with E-state index in [9.17, 15) is 9.59 Å². The number of fused-ring (bicyclic) bond motifs is 3. The topological polar surface area (TPSA) is 77.0 Å². The first kappa shape index (κ1) is 20.9.